The van der Waals surface area contributed by atoms with Gasteiger partial charge in [-0.2, -0.15) is 0 Å². The predicted octanol–water partition coefficient (Wildman–Crippen LogP) is 3.44. The van der Waals surface area contributed by atoms with Crippen molar-refractivity contribution >= 4 is 11.8 Å². The molecule has 0 radical (unpaired) electrons. The Morgan fingerprint density at radius 2 is 1.59 bits per heavy atom. The monoisotopic (exact) mass is 399 g/mol. The van der Waals surface area contributed by atoms with E-state index in [1.165, 1.54) is 18.4 Å². The van der Waals surface area contributed by atoms with Crippen molar-refractivity contribution in [1.29, 1.82) is 0 Å². The molecular weight excluding hydrogens is 362 g/mol. The summed E-state index contributed by atoms with van der Waals surface area (Å²) in [6, 6.07) is 10.5. The number of hydrogen-bond acceptors (Lipinski definition) is 3. The third-order valence-electron chi connectivity index (χ3n) is 6.46. The van der Waals surface area contributed by atoms with E-state index in [2.05, 4.69) is 46.3 Å². The van der Waals surface area contributed by atoms with Crippen LogP contribution >= 0.6 is 0 Å². The third kappa shape index (κ3) is 6.56. The molecule has 2 amide bonds. The molecule has 1 aromatic rings. The summed E-state index contributed by atoms with van der Waals surface area (Å²) in [5.41, 5.74) is 1.33. The maximum atomic E-state index is 12.9. The van der Waals surface area contributed by atoms with Crippen LogP contribution in [-0.4, -0.2) is 54.3 Å². The van der Waals surface area contributed by atoms with Crippen LogP contribution in [0.2, 0.25) is 0 Å². The number of carbonyl (C=O) groups excluding carboxylic acids is 2. The molecule has 0 aromatic heterocycles. The molecule has 5 heteroatoms. The normalized spacial score (nSPS) is 23.0. The molecule has 160 valence electrons. The number of hydrogen-bond donors (Lipinski definition) is 1. The highest BCUT2D eigenvalue weighted by molar-refractivity contribution is 5.81. The van der Waals surface area contributed by atoms with Gasteiger partial charge in [0.05, 0.1) is 0 Å². The Morgan fingerprint density at radius 3 is 2.24 bits per heavy atom. The van der Waals surface area contributed by atoms with E-state index in [0.717, 1.165) is 71.4 Å². The molecule has 29 heavy (non-hydrogen) atoms. The fraction of sp³-hybridized carbons (Fsp3) is 0.667. The Morgan fingerprint density at radius 1 is 0.931 bits per heavy atom. The minimum absolute atomic E-state index is 0.100. The summed E-state index contributed by atoms with van der Waals surface area (Å²) < 4.78 is 0. The molecule has 1 N–H and O–H groups in total. The van der Waals surface area contributed by atoms with Gasteiger partial charge < -0.3 is 10.2 Å². The largest absolute Gasteiger partial charge is 0.356 e. The van der Waals surface area contributed by atoms with Crippen LogP contribution in [-0.2, 0) is 16.1 Å². The molecule has 5 nitrogen and oxygen atoms in total. The lowest BCUT2D eigenvalue weighted by Crippen LogP contribution is -2.50. The summed E-state index contributed by atoms with van der Waals surface area (Å²) >= 11 is 0. The van der Waals surface area contributed by atoms with E-state index < -0.39 is 0 Å². The highest BCUT2D eigenvalue weighted by Crippen LogP contribution is 2.30. The topological polar surface area (TPSA) is 52.7 Å². The molecule has 3 rings (SSSR count). The van der Waals surface area contributed by atoms with Gasteiger partial charge in [-0.15, -0.1) is 0 Å². The Bertz CT molecular complexity index is 633. The second-order valence-corrected chi connectivity index (χ2v) is 8.63. The first-order valence-electron chi connectivity index (χ1n) is 11.5. The standard InChI is InChI=1S/C24H37N3O2/c1-2-3-7-14-25-23(28)21-10-12-22(13-11-21)24(29)27-17-15-26(16-18-27)19-20-8-5-4-6-9-20/h4-6,8-9,21-22H,2-3,7,10-19H2,1H3,(H,25,28). The van der Waals surface area contributed by atoms with E-state index in [4.69, 9.17) is 0 Å². The second kappa shape index (κ2) is 11.3. The minimum atomic E-state index is 0.100. The van der Waals surface area contributed by atoms with Crippen molar-refractivity contribution in [3.05, 3.63) is 35.9 Å². The smallest absolute Gasteiger partial charge is 0.225 e. The van der Waals surface area contributed by atoms with Crippen molar-refractivity contribution in [3.8, 4) is 0 Å². The average molecular weight is 400 g/mol. The molecule has 0 atom stereocenters. The number of rotatable bonds is 8. The van der Waals surface area contributed by atoms with Crippen LogP contribution in [0.5, 0.6) is 0 Å². The molecule has 2 fully saturated rings. The van der Waals surface area contributed by atoms with Crippen LogP contribution in [0.15, 0.2) is 30.3 Å². The number of nitrogens with zero attached hydrogens (tertiary/aromatic N) is 2. The Kier molecular flexibility index (Phi) is 8.53. The van der Waals surface area contributed by atoms with Crippen molar-refractivity contribution in [2.75, 3.05) is 32.7 Å². The fourth-order valence-corrected chi connectivity index (χ4v) is 4.56. The molecule has 1 aromatic carbocycles. The molecular formula is C24H37N3O2. The Balaban J connectivity index is 1.36. The summed E-state index contributed by atoms with van der Waals surface area (Å²) in [6.45, 7) is 7.45. The Hall–Kier alpha value is -1.88. The summed E-state index contributed by atoms with van der Waals surface area (Å²) in [5.74, 6) is 0.718. The van der Waals surface area contributed by atoms with Gasteiger partial charge in [0.15, 0.2) is 0 Å². The zero-order chi connectivity index (χ0) is 20.5. The quantitative estimate of drug-likeness (QED) is 0.681. The van der Waals surface area contributed by atoms with Crippen molar-refractivity contribution in [2.24, 2.45) is 11.8 Å². The second-order valence-electron chi connectivity index (χ2n) is 8.63. The minimum Gasteiger partial charge on any atom is -0.356 e. The van der Waals surface area contributed by atoms with Gasteiger partial charge in [0.25, 0.3) is 0 Å². The molecule has 1 heterocycles. The van der Waals surface area contributed by atoms with Crippen LogP contribution in [0.3, 0.4) is 0 Å². The molecule has 0 spiro atoms. The van der Waals surface area contributed by atoms with Crippen molar-refractivity contribution < 1.29 is 9.59 Å². The van der Waals surface area contributed by atoms with E-state index in [0.29, 0.717) is 5.91 Å². The van der Waals surface area contributed by atoms with Crippen LogP contribution < -0.4 is 5.32 Å². The third-order valence-corrected chi connectivity index (χ3v) is 6.46. The average Bonchev–Trinajstić information content (AvgIpc) is 2.77. The number of amides is 2. The van der Waals surface area contributed by atoms with Gasteiger partial charge in [-0.3, -0.25) is 14.5 Å². The Labute approximate surface area is 175 Å². The van der Waals surface area contributed by atoms with Gasteiger partial charge in [0.1, 0.15) is 0 Å². The molecule has 1 aliphatic carbocycles. The van der Waals surface area contributed by atoms with Gasteiger partial charge in [-0.05, 0) is 37.7 Å². The van der Waals surface area contributed by atoms with Gasteiger partial charge in [-0.25, -0.2) is 0 Å². The first-order valence-corrected chi connectivity index (χ1v) is 11.5. The molecule has 0 bridgehead atoms. The van der Waals surface area contributed by atoms with E-state index >= 15 is 0 Å². The maximum absolute atomic E-state index is 12.9. The first-order chi connectivity index (χ1) is 14.2. The summed E-state index contributed by atoms with van der Waals surface area (Å²) in [4.78, 5) is 29.7. The molecule has 1 aliphatic heterocycles. The van der Waals surface area contributed by atoms with Crippen LogP contribution in [0.4, 0.5) is 0 Å². The number of nitrogens with one attached hydrogen (secondary N) is 1. The van der Waals surface area contributed by atoms with E-state index in [-0.39, 0.29) is 17.7 Å². The zero-order valence-electron chi connectivity index (χ0n) is 17.9. The molecule has 0 unspecified atom stereocenters. The highest BCUT2D eigenvalue weighted by Gasteiger charge is 2.33. The van der Waals surface area contributed by atoms with Crippen molar-refractivity contribution in [2.45, 2.75) is 58.4 Å². The molecule has 2 aliphatic rings. The van der Waals surface area contributed by atoms with Crippen LogP contribution in [0, 0.1) is 11.8 Å². The summed E-state index contributed by atoms with van der Waals surface area (Å²) in [6.07, 6.45) is 6.82. The summed E-state index contributed by atoms with van der Waals surface area (Å²) in [7, 11) is 0. The van der Waals surface area contributed by atoms with Gasteiger partial charge in [0, 0.05) is 51.1 Å². The molecule has 1 saturated heterocycles. The first kappa shape index (κ1) is 21.8. The van der Waals surface area contributed by atoms with Crippen LogP contribution in [0.1, 0.15) is 57.4 Å². The fourth-order valence-electron chi connectivity index (χ4n) is 4.56. The van der Waals surface area contributed by atoms with Crippen molar-refractivity contribution in [1.82, 2.24) is 15.1 Å². The van der Waals surface area contributed by atoms with Gasteiger partial charge in [0.2, 0.25) is 11.8 Å². The van der Waals surface area contributed by atoms with Crippen molar-refractivity contribution in [3.63, 3.8) is 0 Å². The van der Waals surface area contributed by atoms with E-state index in [1.807, 2.05) is 6.07 Å². The highest BCUT2D eigenvalue weighted by atomic mass is 16.2. The molecule has 1 saturated carbocycles. The van der Waals surface area contributed by atoms with E-state index in [9.17, 15) is 9.59 Å². The van der Waals surface area contributed by atoms with Gasteiger partial charge >= 0.3 is 0 Å². The van der Waals surface area contributed by atoms with E-state index in [1.54, 1.807) is 0 Å². The summed E-state index contributed by atoms with van der Waals surface area (Å²) in [5, 5.41) is 3.08. The number of carbonyl (C=O) groups is 2. The maximum Gasteiger partial charge on any atom is 0.225 e. The number of benzene rings is 1. The van der Waals surface area contributed by atoms with Gasteiger partial charge in [-0.1, -0.05) is 50.1 Å². The lowest BCUT2D eigenvalue weighted by molar-refractivity contribution is -0.140. The zero-order valence-corrected chi connectivity index (χ0v) is 17.9. The predicted molar refractivity (Wildman–Crippen MR) is 116 cm³/mol. The SMILES string of the molecule is CCCCCNC(=O)C1CCC(C(=O)N2CCN(Cc3ccccc3)CC2)CC1. The number of piperazine rings is 1. The van der Waals surface area contributed by atoms with Crippen LogP contribution in [0.25, 0.3) is 0 Å². The lowest BCUT2D eigenvalue weighted by atomic mass is 9.81. The lowest BCUT2D eigenvalue weighted by Gasteiger charge is -2.37. The number of unbranched alkanes of at least 4 members (excludes halogenated alkanes) is 2.